The largest absolute Gasteiger partial charge is 0.326 e. The van der Waals surface area contributed by atoms with Gasteiger partial charge in [0.1, 0.15) is 0 Å². The molecule has 3 nitrogen and oxygen atoms in total. The minimum absolute atomic E-state index is 0.0817. The van der Waals surface area contributed by atoms with Crippen molar-refractivity contribution in [3.8, 4) is 0 Å². The van der Waals surface area contributed by atoms with Crippen LogP contribution in [0.3, 0.4) is 0 Å². The van der Waals surface area contributed by atoms with Gasteiger partial charge in [-0.15, -0.1) is 0 Å². The summed E-state index contributed by atoms with van der Waals surface area (Å²) in [5.74, 6) is 0.941. The standard InChI is InChI=1S/C14H26N2O/c1-11(2)9-13-14(17)16(10-15-13)12-7-5-3-4-6-8-12/h11-13,15H,3-10H2,1-2H3. The van der Waals surface area contributed by atoms with Crippen molar-refractivity contribution < 1.29 is 4.79 Å². The zero-order chi connectivity index (χ0) is 12.3. The third-order valence-electron chi connectivity index (χ3n) is 4.06. The smallest absolute Gasteiger partial charge is 0.241 e. The summed E-state index contributed by atoms with van der Waals surface area (Å²) in [6, 6.07) is 0.591. The highest BCUT2D eigenvalue weighted by Crippen LogP contribution is 2.24. The first kappa shape index (κ1) is 12.9. The highest BCUT2D eigenvalue weighted by Gasteiger charge is 2.35. The molecule has 0 radical (unpaired) electrons. The molecule has 0 aromatic heterocycles. The Bertz CT molecular complexity index is 257. The zero-order valence-electron chi connectivity index (χ0n) is 11.2. The van der Waals surface area contributed by atoms with Crippen LogP contribution in [0.25, 0.3) is 0 Å². The Balaban J connectivity index is 1.91. The summed E-state index contributed by atoms with van der Waals surface area (Å²) < 4.78 is 0. The summed E-state index contributed by atoms with van der Waals surface area (Å²) >= 11 is 0. The highest BCUT2D eigenvalue weighted by molar-refractivity contribution is 5.84. The molecule has 0 bridgehead atoms. The number of carbonyl (C=O) groups excluding carboxylic acids is 1. The molecule has 1 N–H and O–H groups in total. The summed E-state index contributed by atoms with van der Waals surface area (Å²) in [5.41, 5.74) is 0. The molecule has 0 spiro atoms. The van der Waals surface area contributed by atoms with Crippen LogP contribution >= 0.6 is 0 Å². The minimum atomic E-state index is 0.0817. The second-order valence-corrected chi connectivity index (χ2v) is 6.00. The molecule has 1 unspecified atom stereocenters. The second kappa shape index (κ2) is 5.85. The normalized spacial score (nSPS) is 27.8. The third-order valence-corrected chi connectivity index (χ3v) is 4.06. The Hall–Kier alpha value is -0.570. The molecular weight excluding hydrogens is 212 g/mol. The first-order chi connectivity index (χ1) is 8.18. The van der Waals surface area contributed by atoms with Gasteiger partial charge in [-0.1, -0.05) is 39.5 Å². The van der Waals surface area contributed by atoms with Gasteiger partial charge in [0.15, 0.2) is 0 Å². The lowest BCUT2D eigenvalue weighted by Crippen LogP contribution is -2.38. The van der Waals surface area contributed by atoms with E-state index in [4.69, 9.17) is 0 Å². The molecule has 2 aliphatic rings. The number of amides is 1. The van der Waals surface area contributed by atoms with Crippen LogP contribution in [0.1, 0.15) is 58.8 Å². The van der Waals surface area contributed by atoms with Crippen molar-refractivity contribution in [1.82, 2.24) is 10.2 Å². The molecule has 1 heterocycles. The van der Waals surface area contributed by atoms with Crippen molar-refractivity contribution in [2.24, 2.45) is 5.92 Å². The number of carbonyl (C=O) groups is 1. The quantitative estimate of drug-likeness (QED) is 0.766. The van der Waals surface area contributed by atoms with Gasteiger partial charge in [-0.05, 0) is 25.2 Å². The van der Waals surface area contributed by atoms with Gasteiger partial charge < -0.3 is 4.90 Å². The molecule has 3 heteroatoms. The molecule has 17 heavy (non-hydrogen) atoms. The van der Waals surface area contributed by atoms with Gasteiger partial charge in [0.2, 0.25) is 5.91 Å². The van der Waals surface area contributed by atoms with Crippen LogP contribution in [-0.4, -0.2) is 29.6 Å². The first-order valence-corrected chi connectivity index (χ1v) is 7.22. The average molecular weight is 238 g/mol. The Kier molecular flexibility index (Phi) is 4.43. The van der Waals surface area contributed by atoms with Crippen molar-refractivity contribution in [3.63, 3.8) is 0 Å². The van der Waals surface area contributed by atoms with Gasteiger partial charge in [0.05, 0.1) is 12.7 Å². The van der Waals surface area contributed by atoms with Crippen LogP contribution in [0, 0.1) is 5.92 Å². The van der Waals surface area contributed by atoms with E-state index < -0.39 is 0 Å². The molecule has 1 atom stereocenters. The number of rotatable bonds is 3. The van der Waals surface area contributed by atoms with E-state index in [9.17, 15) is 4.79 Å². The summed E-state index contributed by atoms with van der Waals surface area (Å²) in [4.78, 5) is 14.4. The van der Waals surface area contributed by atoms with E-state index in [0.717, 1.165) is 13.1 Å². The first-order valence-electron chi connectivity index (χ1n) is 7.22. The number of nitrogens with one attached hydrogen (secondary N) is 1. The maximum absolute atomic E-state index is 12.3. The van der Waals surface area contributed by atoms with Gasteiger partial charge >= 0.3 is 0 Å². The third kappa shape index (κ3) is 3.21. The fraction of sp³-hybridized carbons (Fsp3) is 0.929. The molecule has 1 saturated heterocycles. The number of hydrogen-bond donors (Lipinski definition) is 1. The van der Waals surface area contributed by atoms with Gasteiger partial charge in [0.25, 0.3) is 0 Å². The predicted octanol–water partition coefficient (Wildman–Crippen LogP) is 2.51. The Morgan fingerprint density at radius 2 is 1.88 bits per heavy atom. The molecule has 2 rings (SSSR count). The molecule has 98 valence electrons. The van der Waals surface area contributed by atoms with E-state index in [1.165, 1.54) is 38.5 Å². The van der Waals surface area contributed by atoms with Crippen LogP contribution in [0.15, 0.2) is 0 Å². The molecular formula is C14H26N2O. The van der Waals surface area contributed by atoms with E-state index in [1.54, 1.807) is 0 Å². The topological polar surface area (TPSA) is 32.3 Å². The van der Waals surface area contributed by atoms with E-state index in [0.29, 0.717) is 17.9 Å². The molecule has 1 aliphatic heterocycles. The SMILES string of the molecule is CC(C)CC1NCN(C2CCCCCC2)C1=O. The maximum Gasteiger partial charge on any atom is 0.241 e. The summed E-state index contributed by atoms with van der Waals surface area (Å²) in [5, 5.41) is 3.38. The molecule has 0 aromatic rings. The fourth-order valence-corrected chi connectivity index (χ4v) is 3.11. The second-order valence-electron chi connectivity index (χ2n) is 6.00. The summed E-state index contributed by atoms with van der Waals surface area (Å²) in [6.45, 7) is 5.15. The van der Waals surface area contributed by atoms with Crippen LogP contribution in [0.5, 0.6) is 0 Å². The van der Waals surface area contributed by atoms with Crippen molar-refractivity contribution in [2.45, 2.75) is 70.9 Å². The van der Waals surface area contributed by atoms with Gasteiger partial charge in [-0.3, -0.25) is 10.1 Å². The van der Waals surface area contributed by atoms with E-state index >= 15 is 0 Å². The molecule has 1 amide bonds. The molecule has 1 saturated carbocycles. The minimum Gasteiger partial charge on any atom is -0.326 e. The zero-order valence-corrected chi connectivity index (χ0v) is 11.2. The monoisotopic (exact) mass is 238 g/mol. The maximum atomic E-state index is 12.3. The van der Waals surface area contributed by atoms with Crippen LogP contribution in [0.4, 0.5) is 0 Å². The van der Waals surface area contributed by atoms with Gasteiger partial charge in [-0.2, -0.15) is 0 Å². The van der Waals surface area contributed by atoms with Gasteiger partial charge in [0, 0.05) is 6.04 Å². The Morgan fingerprint density at radius 3 is 2.47 bits per heavy atom. The van der Waals surface area contributed by atoms with Crippen molar-refractivity contribution in [2.75, 3.05) is 6.67 Å². The molecule has 2 fully saturated rings. The van der Waals surface area contributed by atoms with Crippen LogP contribution in [-0.2, 0) is 4.79 Å². The number of nitrogens with zero attached hydrogens (tertiary/aromatic N) is 1. The molecule has 1 aliphatic carbocycles. The van der Waals surface area contributed by atoms with E-state index in [1.807, 2.05) is 0 Å². The highest BCUT2D eigenvalue weighted by atomic mass is 16.2. The van der Waals surface area contributed by atoms with Gasteiger partial charge in [-0.25, -0.2) is 0 Å². The lowest BCUT2D eigenvalue weighted by molar-refractivity contribution is -0.131. The Labute approximate surface area is 105 Å². The lowest BCUT2D eigenvalue weighted by Gasteiger charge is -2.26. The van der Waals surface area contributed by atoms with Crippen molar-refractivity contribution >= 4 is 5.91 Å². The van der Waals surface area contributed by atoms with Crippen molar-refractivity contribution in [1.29, 1.82) is 0 Å². The van der Waals surface area contributed by atoms with E-state index in [2.05, 4.69) is 24.1 Å². The summed E-state index contributed by atoms with van der Waals surface area (Å²) in [7, 11) is 0. The molecule has 0 aromatic carbocycles. The van der Waals surface area contributed by atoms with Crippen LogP contribution < -0.4 is 5.32 Å². The Morgan fingerprint density at radius 1 is 1.24 bits per heavy atom. The van der Waals surface area contributed by atoms with Crippen molar-refractivity contribution in [3.05, 3.63) is 0 Å². The fourth-order valence-electron chi connectivity index (χ4n) is 3.11. The van der Waals surface area contributed by atoms with E-state index in [-0.39, 0.29) is 6.04 Å². The predicted molar refractivity (Wildman–Crippen MR) is 69.6 cm³/mol. The number of hydrogen-bond acceptors (Lipinski definition) is 2. The summed E-state index contributed by atoms with van der Waals surface area (Å²) in [6.07, 6.45) is 8.68. The lowest BCUT2D eigenvalue weighted by atomic mass is 10.0. The van der Waals surface area contributed by atoms with Crippen LogP contribution in [0.2, 0.25) is 0 Å². The average Bonchev–Trinajstić information content (AvgIpc) is 2.55.